The van der Waals surface area contributed by atoms with Crippen molar-refractivity contribution in [2.24, 2.45) is 0 Å². The number of hydrogen-bond acceptors (Lipinski definition) is 0. The van der Waals surface area contributed by atoms with Gasteiger partial charge in [-0.2, -0.15) is 0 Å². The van der Waals surface area contributed by atoms with Crippen LogP contribution < -0.4 is 0 Å². The summed E-state index contributed by atoms with van der Waals surface area (Å²) in [4.78, 5) is 0. The van der Waals surface area contributed by atoms with Gasteiger partial charge in [0.2, 0.25) is 0 Å². The van der Waals surface area contributed by atoms with Gasteiger partial charge < -0.3 is 0 Å². The molecule has 0 unspecified atom stereocenters. The Kier molecular flexibility index (Phi) is 2.15. The van der Waals surface area contributed by atoms with Crippen molar-refractivity contribution < 1.29 is 4.39 Å². The molecule has 0 aliphatic carbocycles. The smallest absolute Gasteiger partial charge is 0.126 e. The van der Waals surface area contributed by atoms with Crippen LogP contribution in [-0.2, 0) is 0 Å². The minimum Gasteiger partial charge on any atom is -0.207 e. The molecule has 0 spiro atoms. The number of benzene rings is 3. The van der Waals surface area contributed by atoms with Crippen molar-refractivity contribution in [1.82, 2.24) is 0 Å². The van der Waals surface area contributed by atoms with Gasteiger partial charge in [0.15, 0.2) is 0 Å². The Bertz CT molecular complexity index is 726. The fourth-order valence-electron chi connectivity index (χ4n) is 2.32. The highest BCUT2D eigenvalue weighted by Crippen LogP contribution is 2.28. The highest BCUT2D eigenvalue weighted by molar-refractivity contribution is 6.07. The SMILES string of the molecule is Cc1ccc2c(ccc3cc(C)c(F)cc32)c1. The number of rotatable bonds is 0. The second kappa shape index (κ2) is 3.56. The Labute approximate surface area is 99.7 Å². The van der Waals surface area contributed by atoms with E-state index in [2.05, 4.69) is 37.3 Å². The summed E-state index contributed by atoms with van der Waals surface area (Å²) < 4.78 is 13.7. The Morgan fingerprint density at radius 2 is 1.47 bits per heavy atom. The summed E-state index contributed by atoms with van der Waals surface area (Å²) in [6, 6.07) is 14.0. The number of fused-ring (bicyclic) bond motifs is 3. The summed E-state index contributed by atoms with van der Waals surface area (Å²) in [6.07, 6.45) is 0. The zero-order valence-corrected chi connectivity index (χ0v) is 9.92. The maximum Gasteiger partial charge on any atom is 0.126 e. The first-order valence-corrected chi connectivity index (χ1v) is 5.74. The van der Waals surface area contributed by atoms with Crippen LogP contribution in [0.2, 0.25) is 0 Å². The molecule has 0 nitrogen and oxygen atoms in total. The molecular weight excluding hydrogens is 211 g/mol. The first kappa shape index (κ1) is 10.3. The third-order valence-electron chi connectivity index (χ3n) is 3.27. The van der Waals surface area contributed by atoms with E-state index in [-0.39, 0.29) is 5.82 Å². The molecule has 0 aromatic heterocycles. The van der Waals surface area contributed by atoms with Crippen LogP contribution in [0.25, 0.3) is 21.5 Å². The Morgan fingerprint density at radius 1 is 0.765 bits per heavy atom. The molecule has 3 aromatic rings. The molecule has 3 aromatic carbocycles. The van der Waals surface area contributed by atoms with Gasteiger partial charge in [-0.25, -0.2) is 4.39 Å². The maximum absolute atomic E-state index is 13.7. The Hall–Kier alpha value is -1.89. The van der Waals surface area contributed by atoms with Crippen molar-refractivity contribution in [3.63, 3.8) is 0 Å². The topological polar surface area (TPSA) is 0 Å². The normalized spacial score (nSPS) is 11.2. The standard InChI is InChI=1S/C16H13F/c1-10-3-6-14-12(7-10)4-5-13-8-11(2)16(17)9-15(13)14/h3-9H,1-2H3. The van der Waals surface area contributed by atoms with E-state index < -0.39 is 0 Å². The first-order chi connectivity index (χ1) is 8.15. The highest BCUT2D eigenvalue weighted by atomic mass is 19.1. The number of aryl methyl sites for hydroxylation is 2. The zero-order chi connectivity index (χ0) is 12.0. The molecule has 0 N–H and O–H groups in total. The van der Waals surface area contributed by atoms with E-state index in [1.54, 1.807) is 13.0 Å². The second-order valence-corrected chi connectivity index (χ2v) is 4.61. The monoisotopic (exact) mass is 224 g/mol. The highest BCUT2D eigenvalue weighted by Gasteiger charge is 2.04. The molecule has 0 aliphatic heterocycles. The van der Waals surface area contributed by atoms with Crippen LogP contribution in [0, 0.1) is 19.7 Å². The number of hydrogen-bond donors (Lipinski definition) is 0. The summed E-state index contributed by atoms with van der Waals surface area (Å²) >= 11 is 0. The molecule has 0 aliphatic rings. The van der Waals surface area contributed by atoms with Crippen LogP contribution in [0.5, 0.6) is 0 Å². The van der Waals surface area contributed by atoms with Gasteiger partial charge in [0.1, 0.15) is 5.82 Å². The van der Waals surface area contributed by atoms with Crippen molar-refractivity contribution in [3.05, 3.63) is 59.4 Å². The third kappa shape index (κ3) is 1.59. The molecule has 84 valence electrons. The quantitative estimate of drug-likeness (QED) is 0.483. The molecule has 17 heavy (non-hydrogen) atoms. The minimum absolute atomic E-state index is 0.134. The lowest BCUT2D eigenvalue weighted by Gasteiger charge is -2.06. The summed E-state index contributed by atoms with van der Waals surface area (Å²) in [5.74, 6) is -0.134. The van der Waals surface area contributed by atoms with Crippen molar-refractivity contribution in [2.45, 2.75) is 13.8 Å². The minimum atomic E-state index is -0.134. The summed E-state index contributed by atoms with van der Waals surface area (Å²) in [5, 5.41) is 4.37. The lowest BCUT2D eigenvalue weighted by molar-refractivity contribution is 0.620. The average Bonchev–Trinajstić information content (AvgIpc) is 2.30. The van der Waals surface area contributed by atoms with E-state index in [1.807, 2.05) is 6.07 Å². The molecule has 0 radical (unpaired) electrons. The zero-order valence-electron chi connectivity index (χ0n) is 9.92. The summed E-state index contributed by atoms with van der Waals surface area (Å²) in [6.45, 7) is 3.87. The molecule has 0 fully saturated rings. The summed E-state index contributed by atoms with van der Waals surface area (Å²) in [5.41, 5.74) is 1.92. The van der Waals surface area contributed by atoms with Crippen LogP contribution in [0.15, 0.2) is 42.5 Å². The van der Waals surface area contributed by atoms with E-state index in [0.717, 1.165) is 16.2 Å². The van der Waals surface area contributed by atoms with Crippen molar-refractivity contribution >= 4 is 21.5 Å². The van der Waals surface area contributed by atoms with Crippen LogP contribution in [0.3, 0.4) is 0 Å². The van der Waals surface area contributed by atoms with Gasteiger partial charge in [-0.05, 0) is 53.1 Å². The summed E-state index contributed by atoms with van der Waals surface area (Å²) in [7, 11) is 0. The maximum atomic E-state index is 13.7. The van der Waals surface area contributed by atoms with Crippen molar-refractivity contribution in [1.29, 1.82) is 0 Å². The van der Waals surface area contributed by atoms with Gasteiger partial charge in [0, 0.05) is 0 Å². The number of halogens is 1. The van der Waals surface area contributed by atoms with Crippen LogP contribution >= 0.6 is 0 Å². The molecule has 0 amide bonds. The van der Waals surface area contributed by atoms with E-state index in [0.29, 0.717) is 5.56 Å². The molecule has 3 rings (SSSR count). The van der Waals surface area contributed by atoms with Gasteiger partial charge >= 0.3 is 0 Å². The predicted octanol–water partition coefficient (Wildman–Crippen LogP) is 4.75. The first-order valence-electron chi connectivity index (χ1n) is 5.74. The molecule has 1 heteroatoms. The molecule has 0 bridgehead atoms. The average molecular weight is 224 g/mol. The fraction of sp³-hybridized carbons (Fsp3) is 0.125. The predicted molar refractivity (Wildman–Crippen MR) is 70.9 cm³/mol. The van der Waals surface area contributed by atoms with Crippen LogP contribution in [-0.4, -0.2) is 0 Å². The lowest BCUT2D eigenvalue weighted by atomic mass is 9.99. The second-order valence-electron chi connectivity index (χ2n) is 4.61. The molecule has 0 saturated carbocycles. The largest absolute Gasteiger partial charge is 0.207 e. The van der Waals surface area contributed by atoms with E-state index >= 15 is 0 Å². The van der Waals surface area contributed by atoms with Crippen molar-refractivity contribution in [3.8, 4) is 0 Å². The molecule has 0 heterocycles. The van der Waals surface area contributed by atoms with Crippen molar-refractivity contribution in [2.75, 3.05) is 0 Å². The van der Waals surface area contributed by atoms with Crippen LogP contribution in [0.4, 0.5) is 4.39 Å². The Morgan fingerprint density at radius 3 is 2.24 bits per heavy atom. The van der Waals surface area contributed by atoms with Gasteiger partial charge in [0.05, 0.1) is 0 Å². The van der Waals surface area contributed by atoms with Gasteiger partial charge in [-0.15, -0.1) is 0 Å². The van der Waals surface area contributed by atoms with Gasteiger partial charge in [-0.1, -0.05) is 35.9 Å². The lowest BCUT2D eigenvalue weighted by Crippen LogP contribution is -1.85. The molecule has 0 atom stereocenters. The molecular formula is C16H13F. The Balaban J connectivity index is 2.50. The third-order valence-corrected chi connectivity index (χ3v) is 3.27. The van der Waals surface area contributed by atoms with Gasteiger partial charge in [0.25, 0.3) is 0 Å². The van der Waals surface area contributed by atoms with Crippen LogP contribution in [0.1, 0.15) is 11.1 Å². The fourth-order valence-corrected chi connectivity index (χ4v) is 2.32. The van der Waals surface area contributed by atoms with E-state index in [9.17, 15) is 4.39 Å². The van der Waals surface area contributed by atoms with E-state index in [4.69, 9.17) is 0 Å². The van der Waals surface area contributed by atoms with E-state index in [1.165, 1.54) is 10.9 Å². The van der Waals surface area contributed by atoms with Gasteiger partial charge in [-0.3, -0.25) is 0 Å². The molecule has 0 saturated heterocycles.